The molecular weight excluding hydrogens is 240 g/mol. The lowest BCUT2D eigenvalue weighted by Gasteiger charge is -2.19. The smallest absolute Gasteiger partial charge is 0.0361 e. The molecule has 1 rings (SSSR count). The Morgan fingerprint density at radius 1 is 1.17 bits per heavy atom. The van der Waals surface area contributed by atoms with Gasteiger partial charge in [0.1, 0.15) is 0 Å². The van der Waals surface area contributed by atoms with Crippen LogP contribution in [0.4, 0.5) is 5.69 Å². The Kier molecular flexibility index (Phi) is 6.58. The van der Waals surface area contributed by atoms with Crippen LogP contribution in [0, 0.1) is 5.92 Å². The molecule has 0 saturated heterocycles. The van der Waals surface area contributed by atoms with E-state index in [1.54, 1.807) is 0 Å². The molecule has 0 aromatic heterocycles. The molecule has 0 aliphatic rings. The summed E-state index contributed by atoms with van der Waals surface area (Å²) in [7, 11) is 4.14. The van der Waals surface area contributed by atoms with Crippen LogP contribution in [0.3, 0.4) is 0 Å². The molecule has 2 nitrogen and oxygen atoms in total. The monoisotopic (exact) mass is 266 g/mol. The fraction of sp³-hybridized carbons (Fsp3) is 0.600. The second kappa shape index (κ2) is 7.70. The topological polar surface area (TPSA) is 15.3 Å². The van der Waals surface area contributed by atoms with Gasteiger partial charge in [0.25, 0.3) is 0 Å². The van der Waals surface area contributed by atoms with Gasteiger partial charge in [-0.2, -0.15) is 11.8 Å². The Bertz CT molecular complexity index is 335. The van der Waals surface area contributed by atoms with Crippen LogP contribution in [-0.2, 0) is 0 Å². The maximum absolute atomic E-state index is 3.61. The van der Waals surface area contributed by atoms with Gasteiger partial charge in [0, 0.05) is 25.8 Å². The van der Waals surface area contributed by atoms with Crippen molar-refractivity contribution in [3.63, 3.8) is 0 Å². The minimum absolute atomic E-state index is 0.422. The van der Waals surface area contributed by atoms with Gasteiger partial charge in [0.05, 0.1) is 0 Å². The lowest BCUT2D eigenvalue weighted by molar-refractivity contribution is 0.501. The number of hydrogen-bond acceptors (Lipinski definition) is 3. The molecule has 2 unspecified atom stereocenters. The average Bonchev–Trinajstić information content (AvgIpc) is 2.36. The van der Waals surface area contributed by atoms with E-state index in [-0.39, 0.29) is 0 Å². The molecule has 0 saturated carbocycles. The largest absolute Gasteiger partial charge is 0.378 e. The van der Waals surface area contributed by atoms with Crippen molar-refractivity contribution in [2.24, 2.45) is 5.92 Å². The number of hydrogen-bond donors (Lipinski definition) is 1. The lowest BCUT2D eigenvalue weighted by atomic mass is 10.1. The Morgan fingerprint density at radius 2 is 1.78 bits per heavy atom. The van der Waals surface area contributed by atoms with E-state index in [1.165, 1.54) is 17.0 Å². The zero-order chi connectivity index (χ0) is 13.5. The molecule has 102 valence electrons. The number of anilines is 1. The minimum atomic E-state index is 0.422. The number of nitrogens with one attached hydrogen (secondary N) is 1. The molecule has 1 N–H and O–H groups in total. The highest BCUT2D eigenvalue weighted by atomic mass is 32.2. The summed E-state index contributed by atoms with van der Waals surface area (Å²) >= 11 is 1.92. The van der Waals surface area contributed by atoms with E-state index in [2.05, 4.69) is 68.7 Å². The first-order valence-electron chi connectivity index (χ1n) is 6.54. The van der Waals surface area contributed by atoms with Gasteiger partial charge >= 0.3 is 0 Å². The van der Waals surface area contributed by atoms with Gasteiger partial charge in [-0.25, -0.2) is 0 Å². The molecule has 0 spiro atoms. The molecule has 0 aliphatic heterocycles. The van der Waals surface area contributed by atoms with Crippen LogP contribution in [0.25, 0.3) is 0 Å². The van der Waals surface area contributed by atoms with E-state index in [0.717, 1.165) is 12.5 Å². The summed E-state index contributed by atoms with van der Waals surface area (Å²) in [5.41, 5.74) is 2.61. The highest BCUT2D eigenvalue weighted by molar-refractivity contribution is 7.98. The Morgan fingerprint density at radius 3 is 2.28 bits per heavy atom. The van der Waals surface area contributed by atoms with Crippen molar-refractivity contribution >= 4 is 17.4 Å². The van der Waals surface area contributed by atoms with Crippen molar-refractivity contribution in [3.8, 4) is 0 Å². The molecule has 3 heteroatoms. The van der Waals surface area contributed by atoms with Crippen LogP contribution in [-0.4, -0.2) is 32.6 Å². The van der Waals surface area contributed by atoms with Gasteiger partial charge < -0.3 is 10.2 Å². The van der Waals surface area contributed by atoms with Crippen LogP contribution in [0.15, 0.2) is 24.3 Å². The summed E-state index contributed by atoms with van der Waals surface area (Å²) in [4.78, 5) is 2.13. The molecule has 2 atom stereocenters. The van der Waals surface area contributed by atoms with Crippen LogP contribution in [0.5, 0.6) is 0 Å². The van der Waals surface area contributed by atoms with Gasteiger partial charge in [-0.1, -0.05) is 19.1 Å². The first-order chi connectivity index (χ1) is 8.54. The Balaban J connectivity index is 2.48. The van der Waals surface area contributed by atoms with E-state index in [1.807, 2.05) is 11.8 Å². The molecular formula is C15H26N2S. The fourth-order valence-corrected chi connectivity index (χ4v) is 2.59. The minimum Gasteiger partial charge on any atom is -0.378 e. The van der Waals surface area contributed by atoms with Crippen molar-refractivity contribution < 1.29 is 0 Å². The van der Waals surface area contributed by atoms with Gasteiger partial charge in [-0.05, 0) is 49.1 Å². The average molecular weight is 266 g/mol. The Hall–Kier alpha value is -0.670. The van der Waals surface area contributed by atoms with E-state index >= 15 is 0 Å². The van der Waals surface area contributed by atoms with Crippen molar-refractivity contribution in [2.45, 2.75) is 19.9 Å². The van der Waals surface area contributed by atoms with Crippen LogP contribution in [0.2, 0.25) is 0 Å². The summed E-state index contributed by atoms with van der Waals surface area (Å²) in [5, 5.41) is 3.61. The number of benzene rings is 1. The van der Waals surface area contributed by atoms with E-state index in [4.69, 9.17) is 0 Å². The highest BCUT2D eigenvalue weighted by Gasteiger charge is 2.07. The molecule has 0 heterocycles. The first-order valence-corrected chi connectivity index (χ1v) is 7.93. The third kappa shape index (κ3) is 4.91. The zero-order valence-electron chi connectivity index (χ0n) is 12.2. The van der Waals surface area contributed by atoms with Crippen molar-refractivity contribution in [3.05, 3.63) is 29.8 Å². The first kappa shape index (κ1) is 15.4. The molecule has 0 radical (unpaired) electrons. The summed E-state index contributed by atoms with van der Waals surface area (Å²) in [6, 6.07) is 9.21. The van der Waals surface area contributed by atoms with Gasteiger partial charge in [-0.3, -0.25) is 0 Å². The highest BCUT2D eigenvalue weighted by Crippen LogP contribution is 2.18. The summed E-state index contributed by atoms with van der Waals surface area (Å²) in [6.45, 7) is 5.61. The van der Waals surface area contributed by atoms with Crippen molar-refractivity contribution in [2.75, 3.05) is 37.5 Å². The van der Waals surface area contributed by atoms with Crippen LogP contribution < -0.4 is 10.2 Å². The number of nitrogens with zero attached hydrogens (tertiary/aromatic N) is 1. The second-order valence-corrected chi connectivity index (χ2v) is 6.09. The molecule has 0 fully saturated rings. The van der Waals surface area contributed by atoms with E-state index in [0.29, 0.717) is 6.04 Å². The molecule has 18 heavy (non-hydrogen) atoms. The standard InChI is InChI=1S/C15H26N2S/c1-12(11-18-5)10-16-13(2)14-6-8-15(9-7-14)17(3)4/h6-9,12-13,16H,10-11H2,1-5H3. The molecule has 0 aliphatic carbocycles. The van der Waals surface area contributed by atoms with E-state index < -0.39 is 0 Å². The SMILES string of the molecule is CSCC(C)CNC(C)c1ccc(N(C)C)cc1. The third-order valence-electron chi connectivity index (χ3n) is 3.13. The summed E-state index contributed by atoms with van der Waals surface area (Å²) in [6.07, 6.45) is 2.17. The molecule has 0 amide bonds. The normalized spacial score (nSPS) is 14.3. The van der Waals surface area contributed by atoms with E-state index in [9.17, 15) is 0 Å². The quantitative estimate of drug-likeness (QED) is 0.814. The molecule has 1 aromatic carbocycles. The zero-order valence-corrected chi connectivity index (χ0v) is 13.1. The predicted octanol–water partition coefficient (Wildman–Crippen LogP) is 3.40. The second-order valence-electron chi connectivity index (χ2n) is 5.18. The summed E-state index contributed by atoms with van der Waals surface area (Å²) in [5.74, 6) is 1.95. The molecule has 0 bridgehead atoms. The van der Waals surface area contributed by atoms with Crippen molar-refractivity contribution in [1.82, 2.24) is 5.32 Å². The lowest BCUT2D eigenvalue weighted by Crippen LogP contribution is -2.25. The summed E-state index contributed by atoms with van der Waals surface area (Å²) < 4.78 is 0. The van der Waals surface area contributed by atoms with Crippen molar-refractivity contribution in [1.29, 1.82) is 0 Å². The van der Waals surface area contributed by atoms with Gasteiger partial charge in [0.15, 0.2) is 0 Å². The fourth-order valence-electron chi connectivity index (χ4n) is 1.90. The van der Waals surface area contributed by atoms with Gasteiger partial charge in [-0.15, -0.1) is 0 Å². The van der Waals surface area contributed by atoms with Crippen LogP contribution in [0.1, 0.15) is 25.5 Å². The number of thioether (sulfide) groups is 1. The maximum atomic E-state index is 3.61. The number of rotatable bonds is 7. The van der Waals surface area contributed by atoms with Crippen LogP contribution >= 0.6 is 11.8 Å². The maximum Gasteiger partial charge on any atom is 0.0361 e. The Labute approximate surface area is 116 Å². The predicted molar refractivity (Wildman–Crippen MR) is 84.7 cm³/mol. The van der Waals surface area contributed by atoms with Gasteiger partial charge in [0.2, 0.25) is 0 Å². The third-order valence-corrected chi connectivity index (χ3v) is 4.04. The molecule has 1 aromatic rings.